The average molecular weight is 383 g/mol. The highest BCUT2D eigenvalue weighted by Crippen LogP contribution is 2.27. The molecule has 150 valence electrons. The molecule has 0 aromatic heterocycles. The van der Waals surface area contributed by atoms with Gasteiger partial charge in [-0.3, -0.25) is 4.79 Å². The van der Waals surface area contributed by atoms with Crippen molar-refractivity contribution in [3.8, 4) is 5.75 Å². The van der Waals surface area contributed by atoms with Crippen LogP contribution in [0.5, 0.6) is 5.75 Å². The summed E-state index contributed by atoms with van der Waals surface area (Å²) >= 11 is 0. The normalized spacial score (nSPS) is 10.6. The Bertz CT molecular complexity index is 797. The van der Waals surface area contributed by atoms with Crippen molar-refractivity contribution in [2.45, 2.75) is 46.5 Å². The highest BCUT2D eigenvalue weighted by Gasteiger charge is 2.14. The van der Waals surface area contributed by atoms with Gasteiger partial charge in [0, 0.05) is 5.69 Å². The maximum Gasteiger partial charge on any atom is 0.338 e. The number of anilines is 1. The zero-order valence-electron chi connectivity index (χ0n) is 17.1. The average Bonchev–Trinajstić information content (AvgIpc) is 2.68. The number of carbonyl (C=O) groups is 2. The Kier molecular flexibility index (Phi) is 8.05. The summed E-state index contributed by atoms with van der Waals surface area (Å²) in [6.45, 7) is 8.50. The fourth-order valence-corrected chi connectivity index (χ4v) is 2.75. The molecule has 1 N–H and O–H groups in total. The van der Waals surface area contributed by atoms with E-state index in [0.29, 0.717) is 17.9 Å². The van der Waals surface area contributed by atoms with Gasteiger partial charge in [0.25, 0.3) is 5.91 Å². The first-order chi connectivity index (χ1) is 13.4. The summed E-state index contributed by atoms with van der Waals surface area (Å²) < 4.78 is 10.7. The lowest BCUT2D eigenvalue weighted by atomic mass is 9.98. The monoisotopic (exact) mass is 383 g/mol. The minimum Gasteiger partial charge on any atom is -0.494 e. The van der Waals surface area contributed by atoms with E-state index < -0.39 is 5.97 Å². The van der Waals surface area contributed by atoms with Gasteiger partial charge in [-0.1, -0.05) is 45.4 Å². The third-order valence-electron chi connectivity index (χ3n) is 4.38. The largest absolute Gasteiger partial charge is 0.494 e. The number of benzene rings is 2. The summed E-state index contributed by atoms with van der Waals surface area (Å²) in [5, 5.41) is 2.87. The number of para-hydroxylation sites is 1. The second-order valence-corrected chi connectivity index (χ2v) is 7.04. The topological polar surface area (TPSA) is 64.6 Å². The molecular formula is C23H29NO4. The molecule has 0 aliphatic rings. The smallest absolute Gasteiger partial charge is 0.338 e. The molecule has 2 rings (SSSR count). The van der Waals surface area contributed by atoms with Crippen LogP contribution >= 0.6 is 0 Å². The molecule has 0 saturated heterocycles. The van der Waals surface area contributed by atoms with Crippen LogP contribution in [0.2, 0.25) is 0 Å². The maximum atomic E-state index is 12.3. The van der Waals surface area contributed by atoms with Crippen LogP contribution in [0, 0.1) is 6.92 Å². The Labute approximate surface area is 167 Å². The predicted molar refractivity (Wildman–Crippen MR) is 111 cm³/mol. The van der Waals surface area contributed by atoms with Crippen LogP contribution in [-0.4, -0.2) is 25.1 Å². The van der Waals surface area contributed by atoms with Crippen LogP contribution in [-0.2, 0) is 9.53 Å². The number of hydrogen-bond acceptors (Lipinski definition) is 4. The number of hydrogen-bond donors (Lipinski definition) is 1. The molecule has 2 aromatic carbocycles. The Morgan fingerprint density at radius 1 is 1.07 bits per heavy atom. The van der Waals surface area contributed by atoms with Gasteiger partial charge >= 0.3 is 5.97 Å². The lowest BCUT2D eigenvalue weighted by Crippen LogP contribution is -2.22. The molecule has 0 saturated carbocycles. The van der Waals surface area contributed by atoms with Crippen molar-refractivity contribution in [1.82, 2.24) is 0 Å². The first kappa shape index (κ1) is 21.5. The molecule has 1 amide bonds. The highest BCUT2D eigenvalue weighted by molar-refractivity contribution is 5.96. The third kappa shape index (κ3) is 6.12. The van der Waals surface area contributed by atoms with Gasteiger partial charge in [0.2, 0.25) is 0 Å². The molecule has 0 aliphatic carbocycles. The van der Waals surface area contributed by atoms with Gasteiger partial charge in [-0.25, -0.2) is 4.79 Å². The standard InChI is InChI=1S/C23H29NO4/c1-5-6-14-27-19-12-10-18(11-13-19)23(26)28-15-21(25)24-22-17(4)8-7-9-20(22)16(2)3/h7-13,16H,5-6,14-15H2,1-4H3,(H,24,25). The van der Waals surface area contributed by atoms with Gasteiger partial charge in [0.05, 0.1) is 12.2 Å². The maximum absolute atomic E-state index is 12.3. The van der Waals surface area contributed by atoms with Crippen LogP contribution in [0.1, 0.15) is 61.0 Å². The van der Waals surface area contributed by atoms with E-state index in [1.807, 2.05) is 25.1 Å². The third-order valence-corrected chi connectivity index (χ3v) is 4.38. The molecular weight excluding hydrogens is 354 g/mol. The predicted octanol–water partition coefficient (Wildman–Crippen LogP) is 5.09. The van der Waals surface area contributed by atoms with E-state index >= 15 is 0 Å². The van der Waals surface area contributed by atoms with Gasteiger partial charge < -0.3 is 14.8 Å². The van der Waals surface area contributed by atoms with Gasteiger partial charge in [-0.2, -0.15) is 0 Å². The second kappa shape index (κ2) is 10.5. The van der Waals surface area contributed by atoms with Gasteiger partial charge in [-0.05, 0) is 54.7 Å². The molecule has 0 spiro atoms. The van der Waals surface area contributed by atoms with Crippen LogP contribution in [0.25, 0.3) is 0 Å². The van der Waals surface area contributed by atoms with Crippen molar-refractivity contribution in [1.29, 1.82) is 0 Å². The summed E-state index contributed by atoms with van der Waals surface area (Å²) in [7, 11) is 0. The fourth-order valence-electron chi connectivity index (χ4n) is 2.75. The quantitative estimate of drug-likeness (QED) is 0.484. The van der Waals surface area contributed by atoms with E-state index in [0.717, 1.165) is 29.7 Å². The summed E-state index contributed by atoms with van der Waals surface area (Å²) in [4.78, 5) is 24.4. The van der Waals surface area contributed by atoms with Crippen molar-refractivity contribution >= 4 is 17.6 Å². The lowest BCUT2D eigenvalue weighted by Gasteiger charge is -2.16. The van der Waals surface area contributed by atoms with Crippen molar-refractivity contribution in [3.05, 3.63) is 59.2 Å². The Morgan fingerprint density at radius 3 is 2.43 bits per heavy atom. The number of amides is 1. The van der Waals surface area contributed by atoms with Crippen LogP contribution in [0.3, 0.4) is 0 Å². The first-order valence-corrected chi connectivity index (χ1v) is 9.71. The van der Waals surface area contributed by atoms with Crippen molar-refractivity contribution in [3.63, 3.8) is 0 Å². The summed E-state index contributed by atoms with van der Waals surface area (Å²) in [5.41, 5.74) is 3.20. The summed E-state index contributed by atoms with van der Waals surface area (Å²) in [6.07, 6.45) is 2.05. The van der Waals surface area contributed by atoms with Crippen molar-refractivity contribution in [2.24, 2.45) is 0 Å². The van der Waals surface area contributed by atoms with Crippen LogP contribution < -0.4 is 10.1 Å². The van der Waals surface area contributed by atoms with Gasteiger partial charge in [0.1, 0.15) is 5.75 Å². The number of rotatable bonds is 9. The Hall–Kier alpha value is -2.82. The number of carbonyl (C=O) groups excluding carboxylic acids is 2. The Balaban J connectivity index is 1.90. The number of nitrogens with one attached hydrogen (secondary N) is 1. The zero-order chi connectivity index (χ0) is 20.5. The van der Waals surface area contributed by atoms with Gasteiger partial charge in [0.15, 0.2) is 6.61 Å². The van der Waals surface area contributed by atoms with Crippen LogP contribution in [0.15, 0.2) is 42.5 Å². The number of aryl methyl sites for hydroxylation is 1. The lowest BCUT2D eigenvalue weighted by molar-refractivity contribution is -0.119. The van der Waals surface area contributed by atoms with Crippen molar-refractivity contribution in [2.75, 3.05) is 18.5 Å². The van der Waals surface area contributed by atoms with Crippen molar-refractivity contribution < 1.29 is 19.1 Å². The summed E-state index contributed by atoms with van der Waals surface area (Å²) in [6, 6.07) is 12.6. The fraction of sp³-hybridized carbons (Fsp3) is 0.391. The molecule has 0 fully saturated rings. The second-order valence-electron chi connectivity index (χ2n) is 7.04. The molecule has 0 unspecified atom stereocenters. The van der Waals surface area contributed by atoms with Crippen LogP contribution in [0.4, 0.5) is 5.69 Å². The van der Waals surface area contributed by atoms with E-state index in [-0.39, 0.29) is 18.4 Å². The van der Waals surface area contributed by atoms with Gasteiger partial charge in [-0.15, -0.1) is 0 Å². The molecule has 28 heavy (non-hydrogen) atoms. The minimum absolute atomic E-state index is 0.274. The van der Waals surface area contributed by atoms with E-state index in [1.54, 1.807) is 24.3 Å². The Morgan fingerprint density at radius 2 is 1.79 bits per heavy atom. The zero-order valence-corrected chi connectivity index (χ0v) is 17.1. The minimum atomic E-state index is -0.538. The molecule has 0 aliphatic heterocycles. The van der Waals surface area contributed by atoms with E-state index in [4.69, 9.17) is 9.47 Å². The number of unbranched alkanes of at least 4 members (excludes halogenated alkanes) is 1. The van der Waals surface area contributed by atoms with E-state index in [1.165, 1.54) is 0 Å². The highest BCUT2D eigenvalue weighted by atomic mass is 16.5. The molecule has 5 heteroatoms. The number of esters is 1. The molecule has 0 heterocycles. The molecule has 2 aromatic rings. The van der Waals surface area contributed by atoms with E-state index in [9.17, 15) is 9.59 Å². The number of ether oxygens (including phenoxy) is 2. The first-order valence-electron chi connectivity index (χ1n) is 9.71. The molecule has 0 atom stereocenters. The SMILES string of the molecule is CCCCOc1ccc(C(=O)OCC(=O)Nc2c(C)cccc2C(C)C)cc1. The van der Waals surface area contributed by atoms with E-state index in [2.05, 4.69) is 26.1 Å². The summed E-state index contributed by atoms with van der Waals surface area (Å²) in [5.74, 6) is 0.0903. The molecule has 0 radical (unpaired) electrons. The molecule has 5 nitrogen and oxygen atoms in total. The molecule has 0 bridgehead atoms.